The van der Waals surface area contributed by atoms with Gasteiger partial charge in [0.25, 0.3) is 0 Å². The van der Waals surface area contributed by atoms with Gasteiger partial charge >= 0.3 is 0 Å². The van der Waals surface area contributed by atoms with Crippen LogP contribution in [0.15, 0.2) is 23.1 Å². The van der Waals surface area contributed by atoms with Crippen molar-refractivity contribution >= 4 is 11.8 Å². The topological polar surface area (TPSA) is 84.5 Å². The van der Waals surface area contributed by atoms with Gasteiger partial charge in [-0.05, 0) is 24.6 Å². The van der Waals surface area contributed by atoms with Crippen molar-refractivity contribution in [2.24, 2.45) is 0 Å². The Hall–Kier alpha value is -1.06. The van der Waals surface area contributed by atoms with Crippen LogP contribution in [0.4, 0.5) is 0 Å². The number of rotatable bonds is 5. The van der Waals surface area contributed by atoms with Crippen LogP contribution in [0, 0.1) is 11.3 Å². The van der Waals surface area contributed by atoms with Gasteiger partial charge in [-0.15, -0.1) is 11.8 Å². The highest BCUT2D eigenvalue weighted by Gasteiger charge is 2.11. The molecule has 2 atom stereocenters. The van der Waals surface area contributed by atoms with Crippen LogP contribution in [0.1, 0.15) is 24.2 Å². The zero-order valence-electron chi connectivity index (χ0n) is 9.50. The van der Waals surface area contributed by atoms with Crippen LogP contribution in [-0.2, 0) is 0 Å². The van der Waals surface area contributed by atoms with Gasteiger partial charge in [0.2, 0.25) is 0 Å². The standard InChI is InChI=1S/C12H15NO3S/c1-8(15)11-3-2-9(5-13)4-12(11)17-7-10(16)6-14/h2-4,8,10,14-16H,6-7H2,1H3/t8-,10?/m0/s1. The molecule has 0 bridgehead atoms. The molecule has 0 fully saturated rings. The fourth-order valence-electron chi connectivity index (χ4n) is 1.31. The Morgan fingerprint density at radius 2 is 2.12 bits per heavy atom. The van der Waals surface area contributed by atoms with E-state index in [4.69, 9.17) is 10.4 Å². The second kappa shape index (κ2) is 6.62. The summed E-state index contributed by atoms with van der Waals surface area (Å²) < 4.78 is 0. The predicted molar refractivity (Wildman–Crippen MR) is 65.6 cm³/mol. The fraction of sp³-hybridized carbons (Fsp3) is 0.417. The molecule has 4 nitrogen and oxygen atoms in total. The molecule has 0 amide bonds. The third kappa shape index (κ3) is 4.02. The number of aliphatic hydroxyl groups is 3. The van der Waals surface area contributed by atoms with Gasteiger partial charge in [0.1, 0.15) is 0 Å². The Balaban J connectivity index is 2.90. The summed E-state index contributed by atoms with van der Waals surface area (Å²) in [5, 5.41) is 36.4. The first-order valence-corrected chi connectivity index (χ1v) is 6.21. The molecule has 0 spiro atoms. The van der Waals surface area contributed by atoms with E-state index in [9.17, 15) is 10.2 Å². The second-order valence-electron chi connectivity index (χ2n) is 3.69. The second-order valence-corrected chi connectivity index (χ2v) is 4.75. The predicted octanol–water partition coefficient (Wildman–Crippen LogP) is 1.06. The van der Waals surface area contributed by atoms with Crippen molar-refractivity contribution in [3.63, 3.8) is 0 Å². The number of benzene rings is 1. The van der Waals surface area contributed by atoms with E-state index in [1.807, 2.05) is 6.07 Å². The molecule has 1 rings (SSSR count). The molecule has 0 saturated carbocycles. The molecule has 1 aromatic carbocycles. The molecule has 92 valence electrons. The highest BCUT2D eigenvalue weighted by atomic mass is 32.2. The Morgan fingerprint density at radius 3 is 2.65 bits per heavy atom. The van der Waals surface area contributed by atoms with Crippen molar-refractivity contribution in [3.05, 3.63) is 29.3 Å². The van der Waals surface area contributed by atoms with Gasteiger partial charge in [-0.2, -0.15) is 5.26 Å². The van der Waals surface area contributed by atoms with Crippen LogP contribution >= 0.6 is 11.8 Å². The van der Waals surface area contributed by atoms with Gasteiger partial charge in [0.15, 0.2) is 0 Å². The van der Waals surface area contributed by atoms with Crippen molar-refractivity contribution in [2.75, 3.05) is 12.4 Å². The summed E-state index contributed by atoms with van der Waals surface area (Å²) in [7, 11) is 0. The van der Waals surface area contributed by atoms with Crippen molar-refractivity contribution < 1.29 is 15.3 Å². The summed E-state index contributed by atoms with van der Waals surface area (Å²) in [5.41, 5.74) is 1.23. The number of nitriles is 1. The summed E-state index contributed by atoms with van der Waals surface area (Å²) in [5.74, 6) is 0.325. The van der Waals surface area contributed by atoms with E-state index in [1.165, 1.54) is 11.8 Å². The van der Waals surface area contributed by atoms with Crippen LogP contribution in [0.25, 0.3) is 0 Å². The summed E-state index contributed by atoms with van der Waals surface area (Å²) in [6.07, 6.45) is -1.43. The van der Waals surface area contributed by atoms with Crippen molar-refractivity contribution in [3.8, 4) is 6.07 Å². The maximum atomic E-state index is 9.58. The van der Waals surface area contributed by atoms with Gasteiger partial charge < -0.3 is 15.3 Å². The number of hydrogen-bond acceptors (Lipinski definition) is 5. The first kappa shape index (κ1) is 14.0. The summed E-state index contributed by atoms with van der Waals surface area (Å²) in [6.45, 7) is 1.35. The summed E-state index contributed by atoms with van der Waals surface area (Å²) >= 11 is 1.32. The SMILES string of the molecule is C[C@H](O)c1ccc(C#N)cc1SCC(O)CO. The fourth-order valence-corrected chi connectivity index (χ4v) is 2.41. The maximum Gasteiger partial charge on any atom is 0.0992 e. The molecule has 0 heterocycles. The third-order valence-corrected chi connectivity index (χ3v) is 3.45. The Kier molecular flexibility index (Phi) is 5.45. The minimum Gasteiger partial charge on any atom is -0.394 e. The lowest BCUT2D eigenvalue weighted by Crippen LogP contribution is -2.14. The zero-order valence-corrected chi connectivity index (χ0v) is 10.3. The summed E-state index contributed by atoms with van der Waals surface area (Å²) in [4.78, 5) is 0.756. The molecule has 5 heteroatoms. The van der Waals surface area contributed by atoms with E-state index < -0.39 is 12.2 Å². The van der Waals surface area contributed by atoms with Crippen molar-refractivity contribution in [2.45, 2.75) is 24.0 Å². The average molecular weight is 253 g/mol. The maximum absolute atomic E-state index is 9.58. The highest BCUT2D eigenvalue weighted by molar-refractivity contribution is 7.99. The number of thioether (sulfide) groups is 1. The summed E-state index contributed by atoms with van der Waals surface area (Å²) in [6, 6.07) is 7.06. The first-order valence-electron chi connectivity index (χ1n) is 5.22. The van der Waals surface area contributed by atoms with E-state index in [2.05, 4.69) is 0 Å². The lowest BCUT2D eigenvalue weighted by atomic mass is 10.1. The van der Waals surface area contributed by atoms with Gasteiger partial charge in [0, 0.05) is 10.6 Å². The molecule has 1 aromatic rings. The molecule has 0 saturated heterocycles. The zero-order chi connectivity index (χ0) is 12.8. The highest BCUT2D eigenvalue weighted by Crippen LogP contribution is 2.29. The van der Waals surface area contributed by atoms with E-state index in [-0.39, 0.29) is 6.61 Å². The van der Waals surface area contributed by atoms with E-state index in [0.29, 0.717) is 11.3 Å². The molecular formula is C12H15NO3S. The average Bonchev–Trinajstić information content (AvgIpc) is 2.35. The van der Waals surface area contributed by atoms with Crippen LogP contribution in [0.3, 0.4) is 0 Å². The Labute approximate surface area is 105 Å². The minimum absolute atomic E-state index is 0.297. The Morgan fingerprint density at radius 1 is 1.41 bits per heavy atom. The number of nitrogens with zero attached hydrogens (tertiary/aromatic N) is 1. The van der Waals surface area contributed by atoms with Gasteiger partial charge in [-0.3, -0.25) is 0 Å². The first-order chi connectivity index (χ1) is 8.08. The molecule has 0 aliphatic rings. The molecule has 0 aromatic heterocycles. The molecule has 17 heavy (non-hydrogen) atoms. The quantitative estimate of drug-likeness (QED) is 0.683. The smallest absolute Gasteiger partial charge is 0.0992 e. The van der Waals surface area contributed by atoms with E-state index >= 15 is 0 Å². The van der Waals surface area contributed by atoms with E-state index in [1.54, 1.807) is 25.1 Å². The van der Waals surface area contributed by atoms with E-state index in [0.717, 1.165) is 10.5 Å². The molecule has 1 unspecified atom stereocenters. The Bertz CT molecular complexity index is 415. The van der Waals surface area contributed by atoms with Gasteiger partial charge in [-0.1, -0.05) is 6.07 Å². The largest absolute Gasteiger partial charge is 0.394 e. The number of aliphatic hydroxyl groups excluding tert-OH is 3. The molecule has 0 aliphatic carbocycles. The monoisotopic (exact) mass is 253 g/mol. The molecule has 3 N–H and O–H groups in total. The van der Waals surface area contributed by atoms with Crippen molar-refractivity contribution in [1.29, 1.82) is 5.26 Å². The minimum atomic E-state index is -0.799. The van der Waals surface area contributed by atoms with Crippen molar-refractivity contribution in [1.82, 2.24) is 0 Å². The van der Waals surface area contributed by atoms with Crippen LogP contribution in [-0.4, -0.2) is 33.8 Å². The normalized spacial score (nSPS) is 14.1. The van der Waals surface area contributed by atoms with Gasteiger partial charge in [-0.25, -0.2) is 0 Å². The third-order valence-electron chi connectivity index (χ3n) is 2.23. The van der Waals surface area contributed by atoms with Gasteiger partial charge in [0.05, 0.1) is 30.4 Å². The van der Waals surface area contributed by atoms with Crippen LogP contribution in [0.5, 0.6) is 0 Å². The lowest BCUT2D eigenvalue weighted by Gasteiger charge is -2.13. The molecule has 0 radical (unpaired) electrons. The number of hydrogen-bond donors (Lipinski definition) is 3. The van der Waals surface area contributed by atoms with Crippen LogP contribution < -0.4 is 0 Å². The van der Waals surface area contributed by atoms with Crippen LogP contribution in [0.2, 0.25) is 0 Å². The molecular weight excluding hydrogens is 238 g/mol. The molecule has 0 aliphatic heterocycles. The lowest BCUT2D eigenvalue weighted by molar-refractivity contribution is 0.113.